The molecule has 0 atom stereocenters. The van der Waals surface area contributed by atoms with Crippen molar-refractivity contribution >= 4 is 5.63 Å². The van der Waals surface area contributed by atoms with Gasteiger partial charge in [-0.1, -0.05) is 0 Å². The Hall–Kier alpha value is 1.43. The van der Waals surface area contributed by atoms with Gasteiger partial charge >= 0.3 is 60.6 Å². The molecule has 4 heteroatoms. The van der Waals surface area contributed by atoms with Gasteiger partial charge < -0.3 is 0 Å². The number of aliphatic hydroxyl groups is 1. The minimum atomic E-state index is -1.04. The first-order chi connectivity index (χ1) is 2.91. The molecule has 0 aromatic carbocycles. The van der Waals surface area contributed by atoms with Crippen molar-refractivity contribution in [2.24, 2.45) is 0.877 Å². The second kappa shape index (κ2) is 6.43. The molecule has 2 nitrogen and oxygen atoms in total. The van der Waals surface area contributed by atoms with Gasteiger partial charge in [-0.25, -0.2) is 0 Å². The molecular formula is C2H5CeClNO. The third kappa shape index (κ3) is 5.43. The molecule has 0 bridgehead atoms. The van der Waals surface area contributed by atoms with Gasteiger partial charge in [-0.3, -0.25) is 0 Å². The van der Waals surface area contributed by atoms with E-state index in [1.54, 1.807) is 0 Å². The summed E-state index contributed by atoms with van der Waals surface area (Å²) in [5.74, 6) is 0. The van der Waals surface area contributed by atoms with E-state index in [9.17, 15) is 0 Å². The molecule has 0 fully saturated rings. The van der Waals surface area contributed by atoms with Crippen molar-refractivity contribution in [2.45, 2.75) is 0 Å². The Balaban J connectivity index is 2.66. The summed E-state index contributed by atoms with van der Waals surface area (Å²) in [6.07, 6.45) is 0. The fourth-order valence-corrected chi connectivity index (χ4v) is 1.29. The average molecular weight is 235 g/mol. The van der Waals surface area contributed by atoms with Gasteiger partial charge in [0.15, 0.2) is 0 Å². The molecule has 0 spiro atoms. The van der Waals surface area contributed by atoms with E-state index in [-0.39, 0.29) is 6.61 Å². The van der Waals surface area contributed by atoms with Crippen molar-refractivity contribution < 1.29 is 41.0 Å². The van der Waals surface area contributed by atoms with Crippen molar-refractivity contribution in [2.75, 3.05) is 13.2 Å². The summed E-state index contributed by atoms with van der Waals surface area (Å²) in [6, 6.07) is 0. The number of nitrogens with zero attached hydrogens (tertiary/aromatic N) is 1. The van der Waals surface area contributed by atoms with Crippen LogP contribution < -0.4 is 0 Å². The topological polar surface area (TPSA) is 32.6 Å². The summed E-state index contributed by atoms with van der Waals surface area (Å²) in [6.45, 7) is 0.701. The van der Waals surface area contributed by atoms with Crippen LogP contribution in [0.15, 0.2) is 0.877 Å². The first kappa shape index (κ1) is 7.43. The van der Waals surface area contributed by atoms with Crippen molar-refractivity contribution in [1.82, 2.24) is 0 Å². The van der Waals surface area contributed by atoms with Gasteiger partial charge in [0.25, 0.3) is 0 Å². The van der Waals surface area contributed by atoms with Crippen LogP contribution in [0.1, 0.15) is 0 Å². The maximum absolute atomic E-state index is 8.08. The van der Waals surface area contributed by atoms with Crippen LogP contribution in [0.2, 0.25) is 0 Å². The number of rotatable bonds is 2. The van der Waals surface area contributed by atoms with Gasteiger partial charge in [-0.2, -0.15) is 0 Å². The zero-order valence-electron chi connectivity index (χ0n) is 3.19. The molecule has 0 aliphatic rings. The van der Waals surface area contributed by atoms with Crippen molar-refractivity contribution in [1.29, 1.82) is 0 Å². The number of halogens is 1. The van der Waals surface area contributed by atoms with Gasteiger partial charge in [0.1, 0.15) is 0 Å². The fraction of sp³-hybridized carbons (Fsp3) is 1.00. The van der Waals surface area contributed by atoms with E-state index in [2.05, 4.69) is 0.877 Å². The van der Waals surface area contributed by atoms with E-state index in [1.165, 1.54) is 0 Å². The molecule has 6 heavy (non-hydrogen) atoms. The van der Waals surface area contributed by atoms with E-state index in [1.807, 2.05) is 0 Å². The zero-order chi connectivity index (χ0) is 4.83. The zero-order valence-corrected chi connectivity index (χ0v) is 7.08. The first-order valence-corrected chi connectivity index (χ1v) is 6.89. The standard InChI is InChI=1S/C2H5NO.Ce.ClH/c3-1-2-4;;/h4H,1-2H2;;1H/q;+1;/p-1. The fourth-order valence-electron chi connectivity index (χ4n) is 0.0923. The quantitative estimate of drug-likeness (QED) is 0.737. The Labute approximate surface area is 59.7 Å². The van der Waals surface area contributed by atoms with Crippen molar-refractivity contribution in [3.05, 3.63) is 0 Å². The number of hydrogen-bond acceptors (Lipinski definition) is 2. The Morgan fingerprint density at radius 2 is 2.50 bits per heavy atom. The van der Waals surface area contributed by atoms with E-state index in [0.29, 0.717) is 6.54 Å². The molecule has 0 saturated heterocycles. The SMILES string of the molecule is OCC[N]=[Ce][Cl]. The molecule has 35 valence electrons. The van der Waals surface area contributed by atoms with Crippen LogP contribution in [0.5, 0.6) is 0 Å². The molecule has 0 aromatic heterocycles. The molecule has 0 aliphatic carbocycles. The van der Waals surface area contributed by atoms with E-state index in [4.69, 9.17) is 10.7 Å². The monoisotopic (exact) mass is 234 g/mol. The summed E-state index contributed by atoms with van der Waals surface area (Å²) in [7, 11) is 0. The summed E-state index contributed by atoms with van der Waals surface area (Å²) in [5.41, 5.74) is 5.30. The average Bonchev–Trinajstić information content (AvgIpc) is 1.61. The minimum absolute atomic E-state index is 0.153. The van der Waals surface area contributed by atoms with Gasteiger partial charge in [0.2, 0.25) is 0 Å². The Morgan fingerprint density at radius 1 is 1.83 bits per heavy atom. The van der Waals surface area contributed by atoms with Crippen molar-refractivity contribution in [3.63, 3.8) is 0 Å². The molecule has 1 N–H and O–H groups in total. The van der Waals surface area contributed by atoms with Gasteiger partial charge in [-0.15, -0.1) is 0 Å². The molecule has 0 rings (SSSR count). The Morgan fingerprint density at radius 3 is 2.67 bits per heavy atom. The van der Waals surface area contributed by atoms with Gasteiger partial charge in [0.05, 0.1) is 0 Å². The van der Waals surface area contributed by atoms with Gasteiger partial charge in [0, 0.05) is 0 Å². The van der Waals surface area contributed by atoms with Crippen molar-refractivity contribution in [3.8, 4) is 0 Å². The van der Waals surface area contributed by atoms with Crippen LogP contribution in [0, 0.1) is 35.9 Å². The molecule has 0 radical (unpaired) electrons. The Kier molecular flexibility index (Phi) is 7.95. The first-order valence-electron chi connectivity index (χ1n) is 1.55. The van der Waals surface area contributed by atoms with Crippen LogP contribution in [0.25, 0.3) is 0 Å². The predicted octanol–water partition coefficient (Wildman–Crippen LogP) is 0.401. The number of aliphatic hydroxyl groups excluding tert-OH is 1. The van der Waals surface area contributed by atoms with Crippen LogP contribution in [-0.2, 0) is 0 Å². The normalized spacial score (nSPS) is 9.00. The number of hydrogen-bond donors (Lipinski definition) is 1. The molecule has 0 unspecified atom stereocenters. The van der Waals surface area contributed by atoms with E-state index < -0.39 is 35.9 Å². The molecule has 0 aliphatic heterocycles. The van der Waals surface area contributed by atoms with Crippen LogP contribution in [0.4, 0.5) is 0 Å². The third-order valence-electron chi connectivity index (χ3n) is 0.272. The second-order valence-corrected chi connectivity index (χ2v) is 3.44. The third-order valence-corrected chi connectivity index (χ3v) is 2.22. The van der Waals surface area contributed by atoms with Crippen LogP contribution in [0.3, 0.4) is 0 Å². The second-order valence-electron chi connectivity index (χ2n) is 0.690. The Bertz CT molecular complexity index is 48.8. The maximum atomic E-state index is 8.08. The molecule has 0 heterocycles. The van der Waals surface area contributed by atoms with Crippen LogP contribution >= 0.6 is 5.63 Å². The van der Waals surface area contributed by atoms with E-state index in [0.717, 1.165) is 0 Å². The molecular weight excluding hydrogens is 230 g/mol. The summed E-state index contributed by atoms with van der Waals surface area (Å²) in [5, 5.41) is 8.08. The summed E-state index contributed by atoms with van der Waals surface area (Å²) in [4.78, 5) is 0. The van der Waals surface area contributed by atoms with Gasteiger partial charge in [-0.05, 0) is 0 Å². The summed E-state index contributed by atoms with van der Waals surface area (Å²) >= 11 is -1.04. The van der Waals surface area contributed by atoms with Crippen LogP contribution in [-0.4, -0.2) is 18.3 Å². The predicted molar refractivity (Wildman–Crippen MR) is 20.2 cm³/mol. The van der Waals surface area contributed by atoms with E-state index >= 15 is 0 Å². The molecule has 0 amide bonds. The molecule has 0 aromatic rings. The molecule has 0 saturated carbocycles. The summed E-state index contributed by atoms with van der Waals surface area (Å²) < 4.78 is 3.80.